The maximum Gasteiger partial charge on any atom is 0.201 e. The highest BCUT2D eigenvalue weighted by Crippen LogP contribution is 2.35. The molecule has 2 unspecified atom stereocenters. The first-order chi connectivity index (χ1) is 14.0. The summed E-state index contributed by atoms with van der Waals surface area (Å²) in [5.74, 6) is -2.67. The number of benzene rings is 2. The fraction of sp³-hybridized carbons (Fsp3) is 0.478. The summed E-state index contributed by atoms with van der Waals surface area (Å²) >= 11 is 0. The topological polar surface area (TPSA) is 27.7 Å². The van der Waals surface area contributed by atoms with Crippen molar-refractivity contribution >= 4 is 0 Å². The zero-order chi connectivity index (χ0) is 20.8. The Morgan fingerprint density at radius 2 is 1.79 bits per heavy atom. The third-order valence-electron chi connectivity index (χ3n) is 5.07. The van der Waals surface area contributed by atoms with Crippen molar-refractivity contribution in [3.05, 3.63) is 53.3 Å². The molecule has 3 rings (SSSR count). The minimum atomic E-state index is -1.12. The molecule has 3 nitrogen and oxygen atoms in total. The molecule has 0 amide bonds. The molecule has 0 saturated carbocycles. The Labute approximate surface area is 169 Å². The zero-order valence-corrected chi connectivity index (χ0v) is 16.8. The van der Waals surface area contributed by atoms with Gasteiger partial charge in [0.2, 0.25) is 5.82 Å². The van der Waals surface area contributed by atoms with Crippen molar-refractivity contribution in [3.8, 4) is 16.9 Å². The van der Waals surface area contributed by atoms with Gasteiger partial charge in [-0.15, -0.1) is 0 Å². The first-order valence-corrected chi connectivity index (χ1v) is 10.1. The van der Waals surface area contributed by atoms with Gasteiger partial charge in [0.25, 0.3) is 0 Å². The predicted molar refractivity (Wildman–Crippen MR) is 105 cm³/mol. The van der Waals surface area contributed by atoms with Gasteiger partial charge < -0.3 is 14.2 Å². The molecule has 2 atom stereocenters. The molecule has 1 heterocycles. The molecule has 0 bridgehead atoms. The van der Waals surface area contributed by atoms with Crippen LogP contribution in [0.25, 0.3) is 11.1 Å². The lowest BCUT2D eigenvalue weighted by molar-refractivity contribution is -0.0434. The predicted octanol–water partition coefficient (Wildman–Crippen LogP) is 6.06. The van der Waals surface area contributed by atoms with Crippen LogP contribution in [0.5, 0.6) is 5.75 Å². The second kappa shape index (κ2) is 10.1. The van der Waals surface area contributed by atoms with E-state index in [0.717, 1.165) is 25.9 Å². The van der Waals surface area contributed by atoms with Crippen molar-refractivity contribution in [2.45, 2.75) is 39.2 Å². The van der Waals surface area contributed by atoms with E-state index < -0.39 is 17.5 Å². The Hall–Kier alpha value is -2.05. The van der Waals surface area contributed by atoms with Gasteiger partial charge in [0.15, 0.2) is 11.6 Å². The fourth-order valence-electron chi connectivity index (χ4n) is 3.55. The van der Waals surface area contributed by atoms with Crippen molar-refractivity contribution in [1.82, 2.24) is 0 Å². The Balaban J connectivity index is 1.71. The summed E-state index contributed by atoms with van der Waals surface area (Å²) in [7, 11) is 0. The molecule has 2 aromatic carbocycles. The second-order valence-electron chi connectivity index (χ2n) is 7.25. The molecule has 0 aromatic heterocycles. The van der Waals surface area contributed by atoms with Gasteiger partial charge >= 0.3 is 0 Å². The van der Waals surface area contributed by atoms with Gasteiger partial charge in [-0.05, 0) is 49.9 Å². The third kappa shape index (κ3) is 5.11. The van der Waals surface area contributed by atoms with Gasteiger partial charge in [0.05, 0.1) is 25.9 Å². The Morgan fingerprint density at radius 3 is 2.45 bits per heavy atom. The fourth-order valence-corrected chi connectivity index (χ4v) is 3.55. The summed E-state index contributed by atoms with van der Waals surface area (Å²) in [6, 6.07) is 7.18. The summed E-state index contributed by atoms with van der Waals surface area (Å²) in [6.07, 6.45) is 2.49. The maximum atomic E-state index is 14.7. The maximum absolute atomic E-state index is 14.7. The summed E-state index contributed by atoms with van der Waals surface area (Å²) < 4.78 is 59.8. The van der Waals surface area contributed by atoms with E-state index in [9.17, 15) is 13.2 Å². The number of ether oxygens (including phenoxy) is 3. The highest BCUT2D eigenvalue weighted by Gasteiger charge is 2.25. The van der Waals surface area contributed by atoms with E-state index in [1.54, 1.807) is 13.0 Å². The molecule has 2 aromatic rings. The summed E-state index contributed by atoms with van der Waals surface area (Å²) in [5, 5.41) is 0. The smallest absolute Gasteiger partial charge is 0.201 e. The number of hydrogen-bond acceptors (Lipinski definition) is 3. The van der Waals surface area contributed by atoms with Crippen molar-refractivity contribution in [3.63, 3.8) is 0 Å². The first-order valence-electron chi connectivity index (χ1n) is 10.1. The molecule has 1 saturated heterocycles. The van der Waals surface area contributed by atoms with E-state index >= 15 is 0 Å². The molecule has 29 heavy (non-hydrogen) atoms. The molecular formula is C23H27F3O3. The standard InChI is InChI=1S/C23H27F3O3/c1-3-11-27-13-15-5-9-20(29-14-15)16-6-7-17(19(24)12-16)18-8-10-21(28-4-2)23(26)22(18)25/h6-8,10,12,15,20H,3-5,9,11,13-14H2,1-2H3. The minimum absolute atomic E-state index is 0.00912. The van der Waals surface area contributed by atoms with Gasteiger partial charge in [-0.1, -0.05) is 19.1 Å². The SMILES string of the molecule is CCCOCC1CCC(c2ccc(-c3ccc(OCC)c(F)c3F)c(F)c2)OC1. The lowest BCUT2D eigenvalue weighted by atomic mass is 9.93. The van der Waals surface area contributed by atoms with E-state index in [1.165, 1.54) is 24.3 Å². The van der Waals surface area contributed by atoms with E-state index in [0.29, 0.717) is 24.7 Å². The van der Waals surface area contributed by atoms with E-state index in [4.69, 9.17) is 14.2 Å². The molecular weight excluding hydrogens is 381 g/mol. The summed E-state index contributed by atoms with van der Waals surface area (Å²) in [6.45, 7) is 5.95. The van der Waals surface area contributed by atoms with E-state index in [-0.39, 0.29) is 29.6 Å². The molecule has 1 aliphatic heterocycles. The van der Waals surface area contributed by atoms with Crippen LogP contribution in [-0.4, -0.2) is 26.4 Å². The van der Waals surface area contributed by atoms with Crippen molar-refractivity contribution in [2.24, 2.45) is 5.92 Å². The van der Waals surface area contributed by atoms with Gasteiger partial charge in [-0.3, -0.25) is 0 Å². The Morgan fingerprint density at radius 1 is 1.00 bits per heavy atom. The molecule has 0 N–H and O–H groups in total. The first kappa shape index (κ1) is 21.7. The Kier molecular flexibility index (Phi) is 7.56. The van der Waals surface area contributed by atoms with Gasteiger partial charge in [-0.25, -0.2) is 8.78 Å². The van der Waals surface area contributed by atoms with Crippen molar-refractivity contribution in [1.29, 1.82) is 0 Å². The lowest BCUT2D eigenvalue weighted by Gasteiger charge is -2.29. The van der Waals surface area contributed by atoms with Crippen LogP contribution in [0, 0.1) is 23.4 Å². The molecule has 0 aliphatic carbocycles. The summed E-state index contributed by atoms with van der Waals surface area (Å²) in [5.41, 5.74) is 0.577. The quantitative estimate of drug-likeness (QED) is 0.497. The van der Waals surface area contributed by atoms with Crippen molar-refractivity contribution in [2.75, 3.05) is 26.4 Å². The van der Waals surface area contributed by atoms with E-state index in [1.807, 2.05) is 0 Å². The van der Waals surface area contributed by atoms with Crippen LogP contribution >= 0.6 is 0 Å². The molecule has 1 aliphatic rings. The zero-order valence-electron chi connectivity index (χ0n) is 16.8. The van der Waals surface area contributed by atoms with Crippen LogP contribution in [-0.2, 0) is 9.47 Å². The van der Waals surface area contributed by atoms with Crippen LogP contribution in [0.1, 0.15) is 44.8 Å². The van der Waals surface area contributed by atoms with Crippen LogP contribution < -0.4 is 4.74 Å². The number of rotatable bonds is 8. The van der Waals surface area contributed by atoms with E-state index in [2.05, 4.69) is 6.92 Å². The average molecular weight is 408 g/mol. The largest absolute Gasteiger partial charge is 0.491 e. The number of hydrogen-bond donors (Lipinski definition) is 0. The highest BCUT2D eigenvalue weighted by molar-refractivity contribution is 5.66. The molecule has 0 spiro atoms. The van der Waals surface area contributed by atoms with Crippen molar-refractivity contribution < 1.29 is 27.4 Å². The molecule has 1 fully saturated rings. The second-order valence-corrected chi connectivity index (χ2v) is 7.25. The normalized spacial score (nSPS) is 19.3. The van der Waals surface area contributed by atoms with Gasteiger partial charge in [-0.2, -0.15) is 4.39 Å². The number of halogens is 3. The third-order valence-corrected chi connectivity index (χ3v) is 5.07. The molecule has 6 heteroatoms. The minimum Gasteiger partial charge on any atom is -0.491 e. The van der Waals surface area contributed by atoms with Gasteiger partial charge in [0, 0.05) is 23.7 Å². The van der Waals surface area contributed by atoms with Crippen LogP contribution in [0.4, 0.5) is 13.2 Å². The molecule has 158 valence electrons. The van der Waals surface area contributed by atoms with Crippen LogP contribution in [0.3, 0.4) is 0 Å². The summed E-state index contributed by atoms with van der Waals surface area (Å²) in [4.78, 5) is 0. The van der Waals surface area contributed by atoms with Crippen LogP contribution in [0.2, 0.25) is 0 Å². The lowest BCUT2D eigenvalue weighted by Crippen LogP contribution is -2.24. The Bertz CT molecular complexity index is 817. The molecule has 0 radical (unpaired) electrons. The van der Waals surface area contributed by atoms with Gasteiger partial charge in [0.1, 0.15) is 5.82 Å². The highest BCUT2D eigenvalue weighted by atomic mass is 19.2. The van der Waals surface area contributed by atoms with Crippen LogP contribution in [0.15, 0.2) is 30.3 Å². The monoisotopic (exact) mass is 408 g/mol. The average Bonchev–Trinajstić information content (AvgIpc) is 2.73.